The van der Waals surface area contributed by atoms with Crippen LogP contribution < -0.4 is 0 Å². The fourth-order valence-electron chi connectivity index (χ4n) is 2.45. The number of carboxylic acid groups (broad SMARTS) is 1. The molecule has 0 spiro atoms. The summed E-state index contributed by atoms with van der Waals surface area (Å²) < 4.78 is 7.03. The van der Waals surface area contributed by atoms with Crippen LogP contribution in [0.4, 0.5) is 0 Å². The van der Waals surface area contributed by atoms with Crippen LogP contribution in [0.25, 0.3) is 0 Å². The van der Waals surface area contributed by atoms with Crippen molar-refractivity contribution < 1.29 is 19.4 Å². The van der Waals surface area contributed by atoms with Crippen molar-refractivity contribution in [2.75, 3.05) is 19.7 Å². The van der Waals surface area contributed by atoms with Gasteiger partial charge in [-0.25, -0.2) is 0 Å². The summed E-state index contributed by atoms with van der Waals surface area (Å²) in [7, 11) is 1.64. The Balaban J connectivity index is 2.16. The van der Waals surface area contributed by atoms with E-state index in [4.69, 9.17) is 33.0 Å². The number of hydrogen-bond acceptors (Lipinski definition) is 3. The van der Waals surface area contributed by atoms with Gasteiger partial charge in [0.25, 0.3) is 5.91 Å². The van der Waals surface area contributed by atoms with Gasteiger partial charge in [-0.15, -0.1) is 0 Å². The van der Waals surface area contributed by atoms with Gasteiger partial charge >= 0.3 is 5.97 Å². The fraction of sp³-hybridized carbons (Fsp3) is 0.571. The Labute approximate surface area is 138 Å². The first kappa shape index (κ1) is 17.1. The highest BCUT2D eigenvalue weighted by Gasteiger charge is 2.26. The summed E-state index contributed by atoms with van der Waals surface area (Å²) in [5.41, 5.74) is 0.332. The van der Waals surface area contributed by atoms with Crippen LogP contribution in [0.15, 0.2) is 6.07 Å². The van der Waals surface area contributed by atoms with Gasteiger partial charge in [-0.05, 0) is 18.9 Å². The van der Waals surface area contributed by atoms with E-state index in [2.05, 4.69) is 0 Å². The molecule has 1 N–H and O–H groups in total. The first-order valence-electron chi connectivity index (χ1n) is 7.03. The molecule has 0 radical (unpaired) electrons. The quantitative estimate of drug-likeness (QED) is 0.856. The molecule has 1 aromatic rings. The fourth-order valence-corrected chi connectivity index (χ4v) is 2.83. The smallest absolute Gasteiger partial charge is 0.305 e. The molecule has 0 aromatic carbocycles. The van der Waals surface area contributed by atoms with Crippen molar-refractivity contribution >= 4 is 35.1 Å². The van der Waals surface area contributed by atoms with Crippen LogP contribution in [-0.4, -0.2) is 52.3 Å². The number of aromatic nitrogens is 1. The summed E-state index contributed by atoms with van der Waals surface area (Å²) in [5.74, 6) is -1.25. The molecule has 0 aliphatic carbocycles. The van der Waals surface area contributed by atoms with E-state index in [0.717, 1.165) is 12.8 Å². The van der Waals surface area contributed by atoms with Crippen LogP contribution in [0, 0.1) is 0 Å². The van der Waals surface area contributed by atoms with Gasteiger partial charge in [0, 0.05) is 26.7 Å². The highest BCUT2D eigenvalue weighted by molar-refractivity contribution is 6.41. The van der Waals surface area contributed by atoms with E-state index < -0.39 is 5.97 Å². The number of ether oxygens (including phenoxy) is 1. The Hall–Kier alpha value is -1.24. The molecule has 2 heterocycles. The van der Waals surface area contributed by atoms with Gasteiger partial charge in [0.2, 0.25) is 0 Å². The average molecular weight is 349 g/mol. The summed E-state index contributed by atoms with van der Waals surface area (Å²) in [6, 6.07) is 1.50. The summed E-state index contributed by atoms with van der Waals surface area (Å²) in [6.07, 6.45) is 1.65. The van der Waals surface area contributed by atoms with E-state index in [0.29, 0.717) is 23.9 Å². The van der Waals surface area contributed by atoms with E-state index in [1.807, 2.05) is 0 Å². The lowest BCUT2D eigenvalue weighted by molar-refractivity contribution is -0.137. The first-order chi connectivity index (χ1) is 10.4. The molecular formula is C14H18Cl2N2O4. The SMILES string of the molecule is Cn1c(C(=O)N(CCC(=O)O)C[C@H]2CCCO2)cc(Cl)c1Cl. The summed E-state index contributed by atoms with van der Waals surface area (Å²) in [5, 5.41) is 9.43. The third kappa shape index (κ3) is 3.94. The minimum Gasteiger partial charge on any atom is -0.481 e. The van der Waals surface area contributed by atoms with E-state index in [1.165, 1.54) is 15.5 Å². The highest BCUT2D eigenvalue weighted by Crippen LogP contribution is 2.26. The summed E-state index contributed by atoms with van der Waals surface area (Å²) in [4.78, 5) is 25.0. The van der Waals surface area contributed by atoms with Gasteiger partial charge in [0.15, 0.2) is 0 Å². The Bertz CT molecular complexity index is 567. The third-order valence-electron chi connectivity index (χ3n) is 3.67. The largest absolute Gasteiger partial charge is 0.481 e. The molecule has 1 aromatic heterocycles. The van der Waals surface area contributed by atoms with Crippen LogP contribution in [0.5, 0.6) is 0 Å². The number of carbonyl (C=O) groups excluding carboxylic acids is 1. The molecule has 1 aliphatic heterocycles. The van der Waals surface area contributed by atoms with Crippen molar-refractivity contribution in [2.45, 2.75) is 25.4 Å². The number of carboxylic acids is 1. The molecule has 0 bridgehead atoms. The van der Waals surface area contributed by atoms with Gasteiger partial charge in [0.05, 0.1) is 17.5 Å². The second-order valence-corrected chi connectivity index (χ2v) is 6.02. The number of aliphatic carboxylic acids is 1. The van der Waals surface area contributed by atoms with Gasteiger partial charge in [-0.2, -0.15) is 0 Å². The predicted molar refractivity (Wildman–Crippen MR) is 82.6 cm³/mol. The molecule has 1 saturated heterocycles. The standard InChI is InChI=1S/C14H18Cl2N2O4/c1-17-11(7-10(15)13(17)16)14(21)18(5-4-12(19)20)8-9-3-2-6-22-9/h7,9H,2-6,8H2,1H3,(H,19,20)/t9-/m1/s1. The van der Waals surface area contributed by atoms with Crippen molar-refractivity contribution in [1.29, 1.82) is 0 Å². The second-order valence-electron chi connectivity index (χ2n) is 5.26. The molecule has 0 unspecified atom stereocenters. The Morgan fingerprint density at radius 2 is 2.23 bits per heavy atom. The molecule has 6 nitrogen and oxygen atoms in total. The maximum Gasteiger partial charge on any atom is 0.305 e. The summed E-state index contributed by atoms with van der Waals surface area (Å²) >= 11 is 11.9. The van der Waals surface area contributed by atoms with Gasteiger partial charge in [0.1, 0.15) is 10.8 Å². The molecule has 1 atom stereocenters. The maximum absolute atomic E-state index is 12.7. The number of carbonyl (C=O) groups is 2. The van der Waals surface area contributed by atoms with Crippen LogP contribution in [-0.2, 0) is 16.6 Å². The average Bonchev–Trinajstić information content (AvgIpc) is 3.07. The number of hydrogen-bond donors (Lipinski definition) is 1. The number of amides is 1. The highest BCUT2D eigenvalue weighted by atomic mass is 35.5. The van der Waals surface area contributed by atoms with E-state index in [9.17, 15) is 9.59 Å². The van der Waals surface area contributed by atoms with Crippen LogP contribution in [0.2, 0.25) is 10.2 Å². The van der Waals surface area contributed by atoms with Crippen LogP contribution in [0.3, 0.4) is 0 Å². The molecule has 122 valence electrons. The summed E-state index contributed by atoms with van der Waals surface area (Å²) in [6.45, 7) is 1.16. The lowest BCUT2D eigenvalue weighted by Crippen LogP contribution is -2.39. The van der Waals surface area contributed by atoms with E-state index >= 15 is 0 Å². The molecule has 8 heteroatoms. The van der Waals surface area contributed by atoms with Gasteiger partial charge in [-0.3, -0.25) is 9.59 Å². The number of halogens is 2. The topological polar surface area (TPSA) is 71.8 Å². The van der Waals surface area contributed by atoms with Crippen LogP contribution >= 0.6 is 23.2 Å². The minimum atomic E-state index is -0.951. The molecule has 1 aliphatic rings. The van der Waals surface area contributed by atoms with Crippen molar-refractivity contribution in [2.24, 2.45) is 7.05 Å². The van der Waals surface area contributed by atoms with Crippen molar-refractivity contribution in [3.8, 4) is 0 Å². The maximum atomic E-state index is 12.7. The minimum absolute atomic E-state index is 0.0519. The molecular weight excluding hydrogens is 331 g/mol. The van der Waals surface area contributed by atoms with Gasteiger partial charge in [-0.1, -0.05) is 23.2 Å². The Kier molecular flexibility index (Phi) is 5.72. The zero-order valence-corrected chi connectivity index (χ0v) is 13.7. The number of rotatable bonds is 6. The number of nitrogens with zero attached hydrogens (tertiary/aromatic N) is 2. The zero-order chi connectivity index (χ0) is 16.3. The van der Waals surface area contributed by atoms with Crippen LogP contribution in [0.1, 0.15) is 29.8 Å². The normalized spacial score (nSPS) is 17.7. The lowest BCUT2D eigenvalue weighted by Gasteiger charge is -2.25. The zero-order valence-electron chi connectivity index (χ0n) is 12.2. The van der Waals surface area contributed by atoms with E-state index in [-0.39, 0.29) is 30.1 Å². The third-order valence-corrected chi connectivity index (χ3v) is 4.51. The lowest BCUT2D eigenvalue weighted by atomic mass is 10.2. The Morgan fingerprint density at radius 1 is 1.50 bits per heavy atom. The molecule has 22 heavy (non-hydrogen) atoms. The van der Waals surface area contributed by atoms with Crippen molar-refractivity contribution in [3.63, 3.8) is 0 Å². The monoisotopic (exact) mass is 348 g/mol. The molecule has 1 amide bonds. The molecule has 2 rings (SSSR count). The first-order valence-corrected chi connectivity index (χ1v) is 7.79. The Morgan fingerprint density at radius 3 is 2.73 bits per heavy atom. The van der Waals surface area contributed by atoms with Crippen molar-refractivity contribution in [3.05, 3.63) is 21.9 Å². The predicted octanol–water partition coefficient (Wildman–Crippen LogP) is 2.43. The van der Waals surface area contributed by atoms with Crippen molar-refractivity contribution in [1.82, 2.24) is 9.47 Å². The molecule has 0 saturated carbocycles. The van der Waals surface area contributed by atoms with Gasteiger partial charge < -0.3 is 19.3 Å². The molecule has 1 fully saturated rings. The van der Waals surface area contributed by atoms with E-state index in [1.54, 1.807) is 7.05 Å². The second kappa shape index (κ2) is 7.35.